The van der Waals surface area contributed by atoms with Crippen molar-refractivity contribution in [1.29, 1.82) is 0 Å². The number of hydrogen-bond acceptors (Lipinski definition) is 4. The van der Waals surface area contributed by atoms with E-state index in [4.69, 9.17) is 11.5 Å². The molecule has 0 rings (SSSR count). The fraction of sp³-hybridized carbons (Fsp3) is 0.889. The summed E-state index contributed by atoms with van der Waals surface area (Å²) in [6.45, 7) is 2.13. The molecule has 83 valence electrons. The molecule has 0 aliphatic carbocycles. The van der Waals surface area contributed by atoms with Crippen molar-refractivity contribution in [2.45, 2.75) is 51.6 Å². The van der Waals surface area contributed by atoms with Gasteiger partial charge in [0, 0.05) is 11.3 Å². The Morgan fingerprint density at radius 3 is 2.29 bits per heavy atom. The molecule has 1 radical (unpaired) electrons. The molecule has 0 aromatic heterocycles. The quantitative estimate of drug-likeness (QED) is 0.269. The fourth-order valence-electron chi connectivity index (χ4n) is 1.29. The second-order valence-corrected chi connectivity index (χ2v) is 3.44. The van der Waals surface area contributed by atoms with Gasteiger partial charge in [0.2, 0.25) is 0 Å². The van der Waals surface area contributed by atoms with Gasteiger partial charge in [-0.05, 0) is 6.42 Å². The van der Waals surface area contributed by atoms with E-state index < -0.39 is 11.1 Å². The lowest BCUT2D eigenvalue weighted by Crippen LogP contribution is -2.41. The molecule has 0 bridgehead atoms. The summed E-state index contributed by atoms with van der Waals surface area (Å²) in [6, 6.07) is 0.0431. The number of hydrogen-bond donors (Lipinski definition) is 2. The summed E-state index contributed by atoms with van der Waals surface area (Å²) >= 11 is 0. The zero-order chi connectivity index (χ0) is 11.0. The molecule has 0 heterocycles. The van der Waals surface area contributed by atoms with Gasteiger partial charge in [0.25, 0.3) is 0 Å². The highest BCUT2D eigenvalue weighted by atomic mass is 16.6. The van der Waals surface area contributed by atoms with E-state index in [-0.39, 0.29) is 6.04 Å². The fourth-order valence-corrected chi connectivity index (χ4v) is 1.29. The van der Waals surface area contributed by atoms with Crippen LogP contribution in [0.4, 0.5) is 0 Å². The van der Waals surface area contributed by atoms with E-state index in [9.17, 15) is 10.1 Å². The van der Waals surface area contributed by atoms with Gasteiger partial charge in [0.05, 0.1) is 0 Å². The van der Waals surface area contributed by atoms with Gasteiger partial charge in [-0.1, -0.05) is 32.6 Å². The van der Waals surface area contributed by atoms with Crippen LogP contribution in [-0.2, 0) is 0 Å². The topological polar surface area (TPSA) is 95.2 Å². The second-order valence-electron chi connectivity index (χ2n) is 3.44. The van der Waals surface area contributed by atoms with Gasteiger partial charge in [-0.15, -0.1) is 0 Å². The zero-order valence-electron chi connectivity index (χ0n) is 8.74. The summed E-state index contributed by atoms with van der Waals surface area (Å²) in [5.74, 6) is 0. The van der Waals surface area contributed by atoms with Crippen molar-refractivity contribution in [2.75, 3.05) is 0 Å². The number of nitro groups is 1. The number of nitrogens with two attached hydrogens (primary N) is 2. The van der Waals surface area contributed by atoms with Crippen molar-refractivity contribution in [1.82, 2.24) is 0 Å². The van der Waals surface area contributed by atoms with Crippen LogP contribution in [0.1, 0.15) is 45.4 Å². The molecule has 0 aliphatic rings. The Morgan fingerprint density at radius 2 is 1.86 bits per heavy atom. The van der Waals surface area contributed by atoms with Crippen LogP contribution in [0, 0.1) is 16.2 Å². The maximum absolute atomic E-state index is 10.5. The lowest BCUT2D eigenvalue weighted by atomic mass is 10.1. The largest absolute Gasteiger partial charge is 0.320 e. The van der Waals surface area contributed by atoms with E-state index in [1.54, 1.807) is 0 Å². The molecule has 0 saturated carbocycles. The third-order valence-corrected chi connectivity index (χ3v) is 2.16. The van der Waals surface area contributed by atoms with Crippen LogP contribution in [0.25, 0.3) is 0 Å². The Balaban J connectivity index is 3.57. The minimum Gasteiger partial charge on any atom is -0.310 e. The van der Waals surface area contributed by atoms with E-state index in [0.29, 0.717) is 6.42 Å². The van der Waals surface area contributed by atoms with E-state index in [0.717, 1.165) is 19.3 Å². The minimum absolute atomic E-state index is 0.0431. The Bertz CT molecular complexity index is 162. The summed E-state index contributed by atoms with van der Waals surface area (Å²) in [6.07, 6.45) is 4.79. The van der Waals surface area contributed by atoms with Gasteiger partial charge < -0.3 is 11.5 Å². The van der Waals surface area contributed by atoms with E-state index in [2.05, 4.69) is 6.92 Å². The zero-order valence-corrected chi connectivity index (χ0v) is 8.74. The molecule has 0 amide bonds. The van der Waals surface area contributed by atoms with E-state index >= 15 is 0 Å². The van der Waals surface area contributed by atoms with Crippen molar-refractivity contribution < 1.29 is 4.92 Å². The molecule has 5 nitrogen and oxygen atoms in total. The van der Waals surface area contributed by atoms with Gasteiger partial charge >= 0.3 is 6.04 Å². The van der Waals surface area contributed by atoms with Crippen molar-refractivity contribution in [3.05, 3.63) is 16.2 Å². The van der Waals surface area contributed by atoms with Gasteiger partial charge in [0.1, 0.15) is 6.17 Å². The van der Waals surface area contributed by atoms with Gasteiger partial charge in [-0.3, -0.25) is 10.1 Å². The van der Waals surface area contributed by atoms with E-state index in [1.807, 2.05) is 0 Å². The Labute approximate surface area is 85.0 Å². The second kappa shape index (κ2) is 7.70. The molecular formula is C9H20N3O2. The smallest absolute Gasteiger partial charge is 0.310 e. The molecule has 5 heteroatoms. The van der Waals surface area contributed by atoms with Crippen LogP contribution in [-0.4, -0.2) is 11.1 Å². The summed E-state index contributed by atoms with van der Waals surface area (Å²) in [7, 11) is 0. The first-order chi connectivity index (χ1) is 6.59. The van der Waals surface area contributed by atoms with Crippen molar-refractivity contribution >= 4 is 0 Å². The lowest BCUT2D eigenvalue weighted by Gasteiger charge is -2.09. The Kier molecular flexibility index (Phi) is 7.32. The first-order valence-corrected chi connectivity index (χ1v) is 5.10. The molecule has 14 heavy (non-hydrogen) atoms. The molecule has 0 saturated heterocycles. The molecule has 0 atom stereocenters. The van der Waals surface area contributed by atoms with Crippen LogP contribution in [0.5, 0.6) is 0 Å². The average molecular weight is 202 g/mol. The van der Waals surface area contributed by atoms with Crippen LogP contribution < -0.4 is 11.5 Å². The summed E-state index contributed by atoms with van der Waals surface area (Å²) in [5.41, 5.74) is 10.6. The van der Waals surface area contributed by atoms with Crippen LogP contribution in [0.3, 0.4) is 0 Å². The average Bonchev–Trinajstić information content (AvgIpc) is 2.09. The molecular weight excluding hydrogens is 182 g/mol. The van der Waals surface area contributed by atoms with Gasteiger partial charge in [0.15, 0.2) is 0 Å². The molecule has 0 aromatic carbocycles. The standard InChI is InChI=1S/C9H20N3O2/c1-2-3-4-5-6-7-8(9(10)11)12(13)14/h9H,2-7,10-11H2,1H3. The third kappa shape index (κ3) is 5.88. The molecule has 0 aliphatic heterocycles. The molecule has 0 aromatic rings. The van der Waals surface area contributed by atoms with E-state index in [1.165, 1.54) is 12.8 Å². The highest BCUT2D eigenvalue weighted by Gasteiger charge is 2.27. The van der Waals surface area contributed by atoms with Crippen molar-refractivity contribution in [3.63, 3.8) is 0 Å². The normalized spacial score (nSPS) is 11.2. The third-order valence-electron chi connectivity index (χ3n) is 2.16. The monoisotopic (exact) mass is 202 g/mol. The SMILES string of the molecule is CCCCCCC[C](C(N)N)[N+](=O)[O-]. The van der Waals surface area contributed by atoms with Crippen molar-refractivity contribution in [2.24, 2.45) is 11.5 Å². The maximum Gasteiger partial charge on any atom is 0.320 e. The summed E-state index contributed by atoms with van der Waals surface area (Å²) in [4.78, 5) is 10.0. The predicted molar refractivity (Wildman–Crippen MR) is 55.8 cm³/mol. The Morgan fingerprint density at radius 1 is 1.29 bits per heavy atom. The number of nitrogens with zero attached hydrogens (tertiary/aromatic N) is 1. The highest BCUT2D eigenvalue weighted by molar-refractivity contribution is 4.84. The minimum atomic E-state index is -0.920. The summed E-state index contributed by atoms with van der Waals surface area (Å²) < 4.78 is 0. The first kappa shape index (κ1) is 13.3. The molecule has 4 N–H and O–H groups in total. The summed E-state index contributed by atoms with van der Waals surface area (Å²) in [5, 5.41) is 10.5. The molecule has 0 fully saturated rings. The van der Waals surface area contributed by atoms with Crippen LogP contribution in [0.2, 0.25) is 0 Å². The van der Waals surface area contributed by atoms with Gasteiger partial charge in [-0.25, -0.2) is 0 Å². The maximum atomic E-state index is 10.5. The van der Waals surface area contributed by atoms with Gasteiger partial charge in [-0.2, -0.15) is 0 Å². The predicted octanol–water partition coefficient (Wildman–Crippen LogP) is 1.40. The first-order valence-electron chi connectivity index (χ1n) is 5.10. The highest BCUT2D eigenvalue weighted by Crippen LogP contribution is 2.14. The van der Waals surface area contributed by atoms with Crippen LogP contribution >= 0.6 is 0 Å². The number of rotatable bonds is 8. The van der Waals surface area contributed by atoms with Crippen molar-refractivity contribution in [3.8, 4) is 0 Å². The lowest BCUT2D eigenvalue weighted by molar-refractivity contribution is -0.472. The Hall–Kier alpha value is -0.680. The number of unbranched alkanes of at least 4 members (excludes halogenated alkanes) is 4. The van der Waals surface area contributed by atoms with Crippen LogP contribution in [0.15, 0.2) is 0 Å². The molecule has 0 spiro atoms. The molecule has 0 unspecified atom stereocenters.